The third-order valence-corrected chi connectivity index (χ3v) is 5.95. The third-order valence-electron chi connectivity index (χ3n) is 5.95. The van der Waals surface area contributed by atoms with Gasteiger partial charge >= 0.3 is 6.16 Å². The van der Waals surface area contributed by atoms with E-state index in [1.165, 1.54) is 27.9 Å². The molecule has 2 fully saturated rings. The van der Waals surface area contributed by atoms with Crippen molar-refractivity contribution in [2.75, 3.05) is 0 Å². The minimum absolute atomic E-state index is 0.240. The van der Waals surface area contributed by atoms with Gasteiger partial charge in [0.25, 0.3) is 0 Å². The third kappa shape index (κ3) is 2.02. The van der Waals surface area contributed by atoms with Crippen molar-refractivity contribution in [2.45, 2.75) is 52.1 Å². The molecule has 2 bridgehead atoms. The minimum atomic E-state index is -0.583. The van der Waals surface area contributed by atoms with Gasteiger partial charge in [-0.05, 0) is 58.8 Å². The zero-order valence-corrected chi connectivity index (χ0v) is 15.4. The Hall–Kier alpha value is -2.33. The van der Waals surface area contributed by atoms with Crippen LogP contribution in [0.1, 0.15) is 27.7 Å². The number of hydrogen-bond donors (Lipinski definition) is 0. The summed E-state index contributed by atoms with van der Waals surface area (Å²) >= 11 is 0. The molecule has 2 aliphatic carbocycles. The summed E-state index contributed by atoms with van der Waals surface area (Å²) in [5.74, 6) is 0.448. The Bertz CT molecular complexity index is 906. The van der Waals surface area contributed by atoms with Crippen LogP contribution in [-0.4, -0.2) is 30.6 Å². The van der Waals surface area contributed by atoms with Crippen molar-refractivity contribution in [2.24, 2.45) is 5.92 Å². The molecular weight excluding hydrogens is 328 g/mol. The topological polar surface area (TPSA) is 44.8 Å². The molecule has 26 heavy (non-hydrogen) atoms. The fraction of sp³-hybridized carbons (Fsp3) is 0.409. The van der Waals surface area contributed by atoms with Gasteiger partial charge in [-0.1, -0.05) is 44.2 Å². The normalized spacial score (nSPS) is 34.5. The van der Waals surface area contributed by atoms with Gasteiger partial charge in [-0.2, -0.15) is 0 Å². The van der Waals surface area contributed by atoms with Gasteiger partial charge in [-0.15, -0.1) is 0 Å². The van der Waals surface area contributed by atoms with Gasteiger partial charge in [0.1, 0.15) is 12.2 Å². The van der Waals surface area contributed by atoms with Gasteiger partial charge in [0.05, 0.1) is 0 Å². The maximum Gasteiger partial charge on any atom is 0.509 e. The number of carbonyl (C=O) groups is 1. The predicted molar refractivity (Wildman–Crippen MR) is 97.4 cm³/mol. The van der Waals surface area contributed by atoms with Crippen LogP contribution in [0.5, 0.6) is 0 Å². The lowest BCUT2D eigenvalue weighted by molar-refractivity contribution is 0.0226. The van der Waals surface area contributed by atoms with Gasteiger partial charge in [0, 0.05) is 0 Å². The maximum absolute atomic E-state index is 11.6. The molecule has 4 atom stereocenters. The van der Waals surface area contributed by atoms with Crippen LogP contribution < -0.4 is 0 Å². The molecule has 0 radical (unpaired) electrons. The fourth-order valence-electron chi connectivity index (χ4n) is 4.57. The van der Waals surface area contributed by atoms with Gasteiger partial charge in [-0.25, -0.2) is 4.79 Å². The van der Waals surface area contributed by atoms with E-state index in [1.807, 2.05) is 0 Å². The lowest BCUT2D eigenvalue weighted by Gasteiger charge is -2.24. The van der Waals surface area contributed by atoms with Crippen LogP contribution in [-0.2, 0) is 14.2 Å². The van der Waals surface area contributed by atoms with Gasteiger partial charge in [0.15, 0.2) is 12.2 Å². The first-order valence-corrected chi connectivity index (χ1v) is 9.22. The second-order valence-electron chi connectivity index (χ2n) is 7.88. The first-order valence-electron chi connectivity index (χ1n) is 9.22. The Balaban J connectivity index is 1.70. The van der Waals surface area contributed by atoms with E-state index in [4.69, 9.17) is 14.2 Å². The Labute approximate surface area is 153 Å². The summed E-state index contributed by atoms with van der Waals surface area (Å²) in [7, 11) is 0. The molecule has 0 amide bonds. The predicted octanol–water partition coefficient (Wildman–Crippen LogP) is 4.32. The highest BCUT2D eigenvalue weighted by Crippen LogP contribution is 2.51. The highest BCUT2D eigenvalue weighted by molar-refractivity contribution is 5.71. The van der Waals surface area contributed by atoms with Crippen molar-refractivity contribution < 1.29 is 19.0 Å². The molecule has 0 N–H and O–H groups in total. The van der Waals surface area contributed by atoms with Gasteiger partial charge < -0.3 is 14.2 Å². The molecule has 5 rings (SSSR count). The molecule has 5 aliphatic rings. The van der Waals surface area contributed by atoms with E-state index >= 15 is 0 Å². The molecule has 0 saturated carbocycles. The van der Waals surface area contributed by atoms with Crippen LogP contribution in [0.4, 0.5) is 4.79 Å². The molecule has 2 saturated heterocycles. The number of fused-ring (bicyclic) bond motifs is 9. The summed E-state index contributed by atoms with van der Waals surface area (Å²) in [5.41, 5.74) is 8.47. The molecule has 0 spiro atoms. The average molecular weight is 350 g/mol. The molecule has 0 aromatic rings. The summed E-state index contributed by atoms with van der Waals surface area (Å²) < 4.78 is 17.0. The van der Waals surface area contributed by atoms with Crippen molar-refractivity contribution in [3.8, 4) is 0 Å². The van der Waals surface area contributed by atoms with Gasteiger partial charge in [-0.3, -0.25) is 0 Å². The summed E-state index contributed by atoms with van der Waals surface area (Å²) in [6.07, 6.45) is 9.22. The van der Waals surface area contributed by atoms with E-state index in [-0.39, 0.29) is 24.4 Å². The molecule has 0 aromatic carbocycles. The molecule has 3 aliphatic heterocycles. The molecule has 3 heterocycles. The van der Waals surface area contributed by atoms with Crippen molar-refractivity contribution in [1.82, 2.24) is 0 Å². The number of hydrogen-bond acceptors (Lipinski definition) is 4. The van der Waals surface area contributed by atoms with Crippen molar-refractivity contribution >= 4 is 6.16 Å². The highest BCUT2D eigenvalue weighted by atomic mass is 16.8. The average Bonchev–Trinajstić information content (AvgIpc) is 3.16. The van der Waals surface area contributed by atoms with Crippen LogP contribution in [0, 0.1) is 5.92 Å². The zero-order chi connectivity index (χ0) is 18.2. The van der Waals surface area contributed by atoms with Crippen LogP contribution >= 0.6 is 0 Å². The molecular formula is C22H22O4. The molecule has 4 nitrogen and oxygen atoms in total. The SMILES string of the molecule is CC1=C2C=C(C(C)C)C=CC(C)=C2C2=C(C=C1)[C@H]1O[C@@H]2[C@@H]2OC(=O)O[C@@H]21. The highest BCUT2D eigenvalue weighted by Gasteiger charge is 2.61. The van der Waals surface area contributed by atoms with Crippen LogP contribution in [0.3, 0.4) is 0 Å². The second-order valence-corrected chi connectivity index (χ2v) is 7.88. The van der Waals surface area contributed by atoms with Crippen LogP contribution in [0.15, 0.2) is 69.4 Å². The van der Waals surface area contributed by atoms with Gasteiger partial charge in [0.2, 0.25) is 0 Å². The fourth-order valence-corrected chi connectivity index (χ4v) is 4.57. The number of rotatable bonds is 1. The summed E-state index contributed by atoms with van der Waals surface area (Å²) in [5, 5.41) is 0. The van der Waals surface area contributed by atoms with E-state index < -0.39 is 6.16 Å². The standard InChI is InChI=1S/C22H22O4/c1-10(2)13-7-5-12(4)16-15(9-13)11(3)6-8-14-17(16)19-21-20(18(14)24-19)25-22(23)26-21/h5-10,18-21H,1-4H3/t18-,19+,20-,21+/m1/s1. The Morgan fingerprint density at radius 3 is 2.35 bits per heavy atom. The summed E-state index contributed by atoms with van der Waals surface area (Å²) in [6, 6.07) is 0. The summed E-state index contributed by atoms with van der Waals surface area (Å²) in [6.45, 7) is 8.72. The smallest absolute Gasteiger partial charge is 0.424 e. The first kappa shape index (κ1) is 15.9. The maximum atomic E-state index is 11.6. The van der Waals surface area contributed by atoms with Crippen LogP contribution in [0.2, 0.25) is 0 Å². The zero-order valence-electron chi connectivity index (χ0n) is 15.4. The van der Waals surface area contributed by atoms with E-state index in [0.29, 0.717) is 5.92 Å². The Kier molecular flexibility index (Phi) is 3.26. The number of carbonyl (C=O) groups excluding carboxylic acids is 1. The van der Waals surface area contributed by atoms with Crippen molar-refractivity contribution in [3.05, 3.63) is 69.4 Å². The van der Waals surface area contributed by atoms with Crippen LogP contribution in [0.25, 0.3) is 0 Å². The summed E-state index contributed by atoms with van der Waals surface area (Å²) in [4.78, 5) is 11.6. The Morgan fingerprint density at radius 1 is 0.923 bits per heavy atom. The quantitative estimate of drug-likeness (QED) is 0.661. The molecule has 134 valence electrons. The number of ether oxygens (including phenoxy) is 3. The molecule has 0 unspecified atom stereocenters. The lowest BCUT2D eigenvalue weighted by atomic mass is 9.80. The van der Waals surface area contributed by atoms with Crippen molar-refractivity contribution in [3.63, 3.8) is 0 Å². The lowest BCUT2D eigenvalue weighted by Crippen LogP contribution is -2.36. The first-order chi connectivity index (χ1) is 12.5. The van der Waals surface area contributed by atoms with Crippen molar-refractivity contribution in [1.29, 1.82) is 0 Å². The van der Waals surface area contributed by atoms with E-state index in [9.17, 15) is 4.79 Å². The minimum Gasteiger partial charge on any atom is -0.424 e. The molecule has 4 heteroatoms. The monoisotopic (exact) mass is 350 g/mol. The van der Waals surface area contributed by atoms with E-state index in [0.717, 1.165) is 11.1 Å². The van der Waals surface area contributed by atoms with E-state index in [2.05, 4.69) is 58.1 Å². The number of allylic oxidation sites excluding steroid dienone is 8. The molecule has 0 aromatic heterocycles. The van der Waals surface area contributed by atoms with E-state index in [1.54, 1.807) is 0 Å². The Morgan fingerprint density at radius 2 is 1.62 bits per heavy atom. The second kappa shape index (κ2) is 5.34. The largest absolute Gasteiger partial charge is 0.509 e.